The minimum atomic E-state index is -0.891. The number of nitrogens with two attached hydrogens (primary N) is 1. The molecule has 1 saturated heterocycles. The quantitative estimate of drug-likeness (QED) is 0.316. The summed E-state index contributed by atoms with van der Waals surface area (Å²) in [5.74, 6) is -0.603. The molecule has 184 valence electrons. The van der Waals surface area contributed by atoms with Gasteiger partial charge in [0.05, 0.1) is 12.6 Å². The highest BCUT2D eigenvalue weighted by Crippen LogP contribution is 2.23. The molecule has 2 atom stereocenters. The fraction of sp³-hybridized carbons (Fsp3) is 0.360. The molecule has 0 spiro atoms. The molecule has 1 aliphatic heterocycles. The summed E-state index contributed by atoms with van der Waals surface area (Å²) in [4.78, 5) is 41.3. The monoisotopic (exact) mass is 480 g/mol. The highest BCUT2D eigenvalue weighted by atomic mass is 19.1. The predicted molar refractivity (Wildman–Crippen MR) is 127 cm³/mol. The first kappa shape index (κ1) is 25.6. The number of carbonyl (C=O) groups is 3. The number of benzene rings is 2. The molecular formula is C25H29FN6O3. The summed E-state index contributed by atoms with van der Waals surface area (Å²) < 4.78 is 13.3. The van der Waals surface area contributed by atoms with Crippen molar-refractivity contribution in [3.05, 3.63) is 71.5 Å². The molecule has 1 heterocycles. The fourth-order valence-electron chi connectivity index (χ4n) is 4.32. The number of primary amides is 1. The number of hydrogen-bond donors (Lipinski definition) is 1. The van der Waals surface area contributed by atoms with Crippen LogP contribution in [0.25, 0.3) is 0 Å². The lowest BCUT2D eigenvalue weighted by molar-refractivity contribution is -0.165. The average Bonchev–Trinajstić information content (AvgIpc) is 2.86. The normalized spacial score (nSPS) is 17.8. The third-order valence-corrected chi connectivity index (χ3v) is 6.09. The van der Waals surface area contributed by atoms with E-state index in [0.29, 0.717) is 25.9 Å². The Labute approximate surface area is 204 Å². The maximum absolute atomic E-state index is 13.5. The van der Waals surface area contributed by atoms with Crippen molar-refractivity contribution in [2.45, 2.75) is 32.0 Å². The number of nitrogens with zero attached hydrogens (tertiary/aromatic N) is 5. The Morgan fingerprint density at radius 3 is 2.46 bits per heavy atom. The lowest BCUT2D eigenvalue weighted by Gasteiger charge is -2.49. The second-order valence-electron chi connectivity index (χ2n) is 8.22. The molecule has 3 rings (SSSR count). The summed E-state index contributed by atoms with van der Waals surface area (Å²) in [6, 6.07) is 15.6. The summed E-state index contributed by atoms with van der Waals surface area (Å²) in [7, 11) is 0. The van der Waals surface area contributed by atoms with Gasteiger partial charge in [-0.3, -0.25) is 9.59 Å². The lowest BCUT2D eigenvalue weighted by atomic mass is 10.00. The Morgan fingerprint density at radius 2 is 1.89 bits per heavy atom. The maximum atomic E-state index is 13.5. The molecular weight excluding hydrogens is 451 g/mol. The van der Waals surface area contributed by atoms with Crippen LogP contribution >= 0.6 is 0 Å². The van der Waals surface area contributed by atoms with E-state index in [4.69, 9.17) is 5.73 Å². The summed E-state index contributed by atoms with van der Waals surface area (Å²) in [6.07, 6.45) is 0.380. The van der Waals surface area contributed by atoms with Gasteiger partial charge in [0.1, 0.15) is 24.6 Å². The van der Waals surface area contributed by atoms with Crippen LogP contribution in [-0.4, -0.2) is 76.6 Å². The van der Waals surface area contributed by atoms with Crippen molar-refractivity contribution < 1.29 is 18.8 Å². The van der Waals surface area contributed by atoms with Crippen LogP contribution in [0.1, 0.15) is 18.1 Å². The van der Waals surface area contributed by atoms with Crippen molar-refractivity contribution >= 4 is 18.3 Å². The molecule has 1 fully saturated rings. The lowest BCUT2D eigenvalue weighted by Crippen LogP contribution is -2.70. The molecule has 10 heteroatoms. The molecule has 1 aliphatic rings. The van der Waals surface area contributed by atoms with Gasteiger partial charge in [-0.05, 0) is 29.7 Å². The van der Waals surface area contributed by atoms with Gasteiger partial charge in [0.15, 0.2) is 0 Å². The van der Waals surface area contributed by atoms with Gasteiger partial charge in [-0.15, -0.1) is 0 Å². The molecule has 9 nitrogen and oxygen atoms in total. The molecule has 2 aromatic carbocycles. The molecule has 2 N–H and O–H groups in total. The minimum absolute atomic E-state index is 0.0227. The van der Waals surface area contributed by atoms with Gasteiger partial charge in [-0.2, -0.15) is 5.26 Å². The van der Waals surface area contributed by atoms with Crippen LogP contribution in [0, 0.1) is 17.1 Å². The van der Waals surface area contributed by atoms with Crippen LogP contribution in [-0.2, 0) is 22.4 Å². The molecule has 1 unspecified atom stereocenters. The third-order valence-electron chi connectivity index (χ3n) is 6.09. The summed E-state index contributed by atoms with van der Waals surface area (Å²) in [5, 5.41) is 11.9. The number of hydrazine groups is 1. The van der Waals surface area contributed by atoms with E-state index in [1.165, 1.54) is 27.1 Å². The zero-order valence-corrected chi connectivity index (χ0v) is 19.6. The minimum Gasteiger partial charge on any atom is -0.350 e. The van der Waals surface area contributed by atoms with E-state index in [-0.39, 0.29) is 31.2 Å². The smallest absolute Gasteiger partial charge is 0.331 e. The first-order chi connectivity index (χ1) is 16.9. The highest BCUT2D eigenvalue weighted by Gasteiger charge is 2.44. The molecule has 0 saturated carbocycles. The van der Waals surface area contributed by atoms with Crippen LogP contribution < -0.4 is 5.73 Å². The van der Waals surface area contributed by atoms with Gasteiger partial charge < -0.3 is 15.5 Å². The van der Waals surface area contributed by atoms with Gasteiger partial charge in [0.2, 0.25) is 12.3 Å². The second-order valence-corrected chi connectivity index (χ2v) is 8.22. The maximum Gasteiger partial charge on any atom is 0.331 e. The van der Waals surface area contributed by atoms with Crippen LogP contribution in [0.15, 0.2) is 54.6 Å². The van der Waals surface area contributed by atoms with Crippen molar-refractivity contribution in [2.75, 3.05) is 26.2 Å². The summed E-state index contributed by atoms with van der Waals surface area (Å²) in [6.45, 7) is 2.27. The number of halogens is 1. The third kappa shape index (κ3) is 6.13. The molecule has 2 aromatic rings. The number of amides is 4. The zero-order chi connectivity index (χ0) is 25.4. The van der Waals surface area contributed by atoms with E-state index >= 15 is 0 Å². The first-order valence-electron chi connectivity index (χ1n) is 11.4. The second kappa shape index (κ2) is 11.9. The van der Waals surface area contributed by atoms with E-state index < -0.39 is 18.2 Å². The standard InChI is InChI=1S/C25H29FN6O3/c1-2-30(15-13-27)32(25(28)35)23-17-29(14-12-19-8-10-21(26)11-9-19)24(34)22(31(23)18-33)16-20-6-4-3-5-7-20/h3-11,18,22-23H,2,12,14-17H2,1H3,(H2,28,35)/t22-,23?/m0/s1. The van der Waals surface area contributed by atoms with Crippen molar-refractivity contribution in [3.63, 3.8) is 0 Å². The number of rotatable bonds is 10. The van der Waals surface area contributed by atoms with Crippen LogP contribution in [0.4, 0.5) is 9.18 Å². The predicted octanol–water partition coefficient (Wildman–Crippen LogP) is 1.75. The van der Waals surface area contributed by atoms with E-state index in [0.717, 1.165) is 11.1 Å². The van der Waals surface area contributed by atoms with Gasteiger partial charge in [-0.25, -0.2) is 19.2 Å². The van der Waals surface area contributed by atoms with E-state index in [1.54, 1.807) is 24.0 Å². The molecule has 0 aliphatic carbocycles. The van der Waals surface area contributed by atoms with Crippen LogP contribution in [0.3, 0.4) is 0 Å². The van der Waals surface area contributed by atoms with Gasteiger partial charge in [0.25, 0.3) is 0 Å². The van der Waals surface area contributed by atoms with Crippen LogP contribution in [0.5, 0.6) is 0 Å². The van der Waals surface area contributed by atoms with E-state index in [9.17, 15) is 24.0 Å². The average molecular weight is 481 g/mol. The van der Waals surface area contributed by atoms with Gasteiger partial charge in [-0.1, -0.05) is 49.4 Å². The van der Waals surface area contributed by atoms with Crippen LogP contribution in [0.2, 0.25) is 0 Å². The molecule has 0 radical (unpaired) electrons. The number of nitriles is 1. The van der Waals surface area contributed by atoms with Crippen molar-refractivity contribution in [3.8, 4) is 6.07 Å². The van der Waals surface area contributed by atoms with E-state index in [2.05, 4.69) is 0 Å². The Kier molecular flexibility index (Phi) is 8.75. The number of urea groups is 1. The highest BCUT2D eigenvalue weighted by molar-refractivity contribution is 5.86. The Hall–Kier alpha value is -3.97. The summed E-state index contributed by atoms with van der Waals surface area (Å²) >= 11 is 0. The zero-order valence-electron chi connectivity index (χ0n) is 19.6. The number of carbonyl (C=O) groups excluding carboxylic acids is 3. The molecule has 0 bridgehead atoms. The SMILES string of the molecule is CCN(CC#N)N(C(N)=O)C1CN(CCc2ccc(F)cc2)C(=O)[C@H](Cc2ccccc2)N1C=O. The fourth-order valence-corrected chi connectivity index (χ4v) is 4.32. The van der Waals surface area contributed by atoms with Gasteiger partial charge in [0, 0.05) is 19.5 Å². The Morgan fingerprint density at radius 1 is 1.20 bits per heavy atom. The topological polar surface area (TPSA) is 114 Å². The largest absolute Gasteiger partial charge is 0.350 e. The summed E-state index contributed by atoms with van der Waals surface area (Å²) in [5.41, 5.74) is 7.40. The molecule has 0 aromatic heterocycles. The first-order valence-corrected chi connectivity index (χ1v) is 11.4. The van der Waals surface area contributed by atoms with Gasteiger partial charge >= 0.3 is 6.03 Å². The van der Waals surface area contributed by atoms with Crippen molar-refractivity contribution in [2.24, 2.45) is 5.73 Å². The number of piperazine rings is 1. The molecule has 4 amide bonds. The Balaban J connectivity index is 1.95. The van der Waals surface area contributed by atoms with Crippen molar-refractivity contribution in [1.82, 2.24) is 19.8 Å². The van der Waals surface area contributed by atoms with E-state index in [1.807, 2.05) is 36.4 Å². The Bertz CT molecular complexity index is 1060. The van der Waals surface area contributed by atoms with Crippen molar-refractivity contribution in [1.29, 1.82) is 5.26 Å². The number of hydrogen-bond acceptors (Lipinski definition) is 5. The molecule has 35 heavy (non-hydrogen) atoms.